The predicted octanol–water partition coefficient (Wildman–Crippen LogP) is 4.71. The van der Waals surface area contributed by atoms with Crippen molar-refractivity contribution in [3.63, 3.8) is 0 Å². The third-order valence-electron chi connectivity index (χ3n) is 9.12. The Hall–Kier alpha value is -4.67. The maximum Gasteiger partial charge on any atom is 0.339 e. The number of ether oxygens (including phenoxy) is 3. The summed E-state index contributed by atoms with van der Waals surface area (Å²) in [5.41, 5.74) is 0.683. The number of rotatable bonds is 6. The summed E-state index contributed by atoms with van der Waals surface area (Å²) in [6, 6.07) is 17.2. The van der Waals surface area contributed by atoms with Crippen molar-refractivity contribution >= 4 is 64.2 Å². The van der Waals surface area contributed by atoms with Crippen LogP contribution < -0.4 is 24.0 Å². The molecule has 0 radical (unpaired) electrons. The summed E-state index contributed by atoms with van der Waals surface area (Å²) in [4.78, 5) is 72.2. The molecule has 0 spiro atoms. The van der Waals surface area contributed by atoms with Gasteiger partial charge in [0.2, 0.25) is 23.6 Å². The predicted molar refractivity (Wildman–Crippen MR) is 162 cm³/mol. The van der Waals surface area contributed by atoms with Crippen molar-refractivity contribution in [1.82, 2.24) is 0 Å². The number of nitrogens with zero attached hydrogens (tertiary/aromatic N) is 2. The Labute approximate surface area is 267 Å². The highest BCUT2D eigenvalue weighted by Crippen LogP contribution is 2.61. The number of carbonyl (C=O) groups excluding carboxylic acids is 5. The molecule has 12 heteroatoms. The van der Waals surface area contributed by atoms with Gasteiger partial charge in [-0.05, 0) is 66.7 Å². The first-order valence-electron chi connectivity index (χ1n) is 14.1. The van der Waals surface area contributed by atoms with E-state index in [1.54, 1.807) is 48.5 Å². The van der Waals surface area contributed by atoms with Gasteiger partial charge in [0.05, 0.1) is 54.3 Å². The SMILES string of the molecule is COc1ccc(N2C(=O)[C@@H]3C4C=C(C(=O)Oc5ccc(Cl)cc5Cl)C([C@H]3C2=O)[C@@H]2C(=O)N(c3ccc(OC)cc3)C(=O)[C@@H]42)cc1. The molecule has 8 rings (SSSR count). The molecule has 0 N–H and O–H groups in total. The maximum atomic E-state index is 14.1. The molecular weight excluding hydrogens is 623 g/mol. The van der Waals surface area contributed by atoms with E-state index in [-0.39, 0.29) is 16.3 Å². The van der Waals surface area contributed by atoms with Gasteiger partial charge in [-0.2, -0.15) is 0 Å². The number of anilines is 2. The molecule has 4 amide bonds. The van der Waals surface area contributed by atoms with Gasteiger partial charge in [-0.1, -0.05) is 29.3 Å². The molecule has 45 heavy (non-hydrogen) atoms. The second-order valence-corrected chi connectivity index (χ2v) is 12.1. The number of carbonyl (C=O) groups is 5. The van der Waals surface area contributed by atoms with E-state index in [0.717, 1.165) is 9.80 Å². The number of methoxy groups -OCH3 is 2. The van der Waals surface area contributed by atoms with Crippen molar-refractivity contribution in [3.8, 4) is 17.2 Å². The Kier molecular flexibility index (Phi) is 6.94. The van der Waals surface area contributed by atoms with Crippen LogP contribution in [0.1, 0.15) is 0 Å². The average Bonchev–Trinajstić information content (AvgIpc) is 3.48. The molecule has 2 unspecified atom stereocenters. The van der Waals surface area contributed by atoms with Crippen LogP contribution >= 0.6 is 23.2 Å². The monoisotopic (exact) mass is 646 g/mol. The second-order valence-electron chi connectivity index (χ2n) is 11.2. The Balaban J connectivity index is 1.31. The summed E-state index contributed by atoms with van der Waals surface area (Å²) in [6.07, 6.45) is 1.53. The van der Waals surface area contributed by atoms with Crippen LogP contribution in [-0.4, -0.2) is 43.8 Å². The molecule has 6 atom stereocenters. The molecular formula is C33H24Cl2N2O8. The molecule has 2 heterocycles. The lowest BCUT2D eigenvalue weighted by atomic mass is 9.52. The van der Waals surface area contributed by atoms with E-state index in [2.05, 4.69) is 0 Å². The summed E-state index contributed by atoms with van der Waals surface area (Å²) >= 11 is 12.3. The number of allylic oxidation sites excluding steroid dienone is 1. The first-order chi connectivity index (χ1) is 21.6. The summed E-state index contributed by atoms with van der Waals surface area (Å²) in [5, 5.41) is 0.424. The van der Waals surface area contributed by atoms with Gasteiger partial charge in [-0.15, -0.1) is 0 Å². The fourth-order valence-corrected chi connectivity index (χ4v) is 7.69. The molecule has 1 saturated carbocycles. The van der Waals surface area contributed by atoms with Crippen LogP contribution in [0, 0.1) is 35.5 Å². The van der Waals surface area contributed by atoms with Gasteiger partial charge < -0.3 is 14.2 Å². The highest BCUT2D eigenvalue weighted by molar-refractivity contribution is 6.35. The quantitative estimate of drug-likeness (QED) is 0.215. The highest BCUT2D eigenvalue weighted by atomic mass is 35.5. The Morgan fingerprint density at radius 3 is 1.56 bits per heavy atom. The Bertz CT molecular complexity index is 1730. The summed E-state index contributed by atoms with van der Waals surface area (Å²) in [5.74, 6) is -7.98. The minimum Gasteiger partial charge on any atom is -0.497 e. The third-order valence-corrected chi connectivity index (χ3v) is 9.65. The van der Waals surface area contributed by atoms with E-state index < -0.39 is 65.1 Å². The van der Waals surface area contributed by atoms with Gasteiger partial charge >= 0.3 is 5.97 Å². The first-order valence-corrected chi connectivity index (χ1v) is 14.8. The van der Waals surface area contributed by atoms with Gasteiger partial charge in [0.1, 0.15) is 17.2 Å². The lowest BCUT2D eigenvalue weighted by Crippen LogP contribution is -2.53. The fraction of sp³-hybridized carbons (Fsp3) is 0.242. The van der Waals surface area contributed by atoms with Gasteiger partial charge in [-0.3, -0.25) is 29.0 Å². The highest BCUT2D eigenvalue weighted by Gasteiger charge is 2.71. The molecule has 3 aromatic carbocycles. The van der Waals surface area contributed by atoms with Crippen molar-refractivity contribution in [2.75, 3.05) is 24.0 Å². The zero-order valence-corrected chi connectivity index (χ0v) is 25.3. The number of halogens is 2. The van der Waals surface area contributed by atoms with Gasteiger partial charge in [0.25, 0.3) is 0 Å². The number of imide groups is 2. The molecule has 2 saturated heterocycles. The van der Waals surface area contributed by atoms with Crippen molar-refractivity contribution < 1.29 is 38.2 Å². The van der Waals surface area contributed by atoms with Crippen molar-refractivity contribution in [2.24, 2.45) is 35.5 Å². The lowest BCUT2D eigenvalue weighted by Gasteiger charge is -2.46. The average molecular weight is 647 g/mol. The normalized spacial score (nSPS) is 26.5. The maximum absolute atomic E-state index is 14.1. The van der Waals surface area contributed by atoms with Crippen LogP contribution in [-0.2, 0) is 24.0 Å². The molecule has 3 aromatic rings. The molecule has 0 aromatic heterocycles. The van der Waals surface area contributed by atoms with Crippen molar-refractivity contribution in [2.45, 2.75) is 0 Å². The minimum atomic E-state index is -1.11. The number of esters is 1. The molecule has 3 fully saturated rings. The smallest absolute Gasteiger partial charge is 0.339 e. The van der Waals surface area contributed by atoms with E-state index >= 15 is 0 Å². The number of amides is 4. The topological polar surface area (TPSA) is 120 Å². The van der Waals surface area contributed by atoms with Crippen LogP contribution in [0.15, 0.2) is 78.4 Å². The van der Waals surface area contributed by atoms with Crippen LogP contribution in [0.2, 0.25) is 10.0 Å². The zero-order valence-electron chi connectivity index (χ0n) is 23.8. The van der Waals surface area contributed by atoms with E-state index in [0.29, 0.717) is 27.9 Å². The van der Waals surface area contributed by atoms with Crippen LogP contribution in [0.25, 0.3) is 0 Å². The number of hydrogen-bond acceptors (Lipinski definition) is 8. The third kappa shape index (κ3) is 4.34. The molecule has 3 aliphatic carbocycles. The van der Waals surface area contributed by atoms with E-state index in [4.69, 9.17) is 37.4 Å². The van der Waals surface area contributed by atoms with Crippen LogP contribution in [0.5, 0.6) is 17.2 Å². The van der Waals surface area contributed by atoms with Crippen molar-refractivity contribution in [3.05, 3.63) is 88.4 Å². The van der Waals surface area contributed by atoms with Gasteiger partial charge in [0.15, 0.2) is 0 Å². The number of hydrogen-bond donors (Lipinski definition) is 0. The summed E-state index contributed by atoms with van der Waals surface area (Å²) < 4.78 is 16.1. The molecule has 2 bridgehead atoms. The molecule has 10 nitrogen and oxygen atoms in total. The molecule has 5 aliphatic rings. The van der Waals surface area contributed by atoms with Crippen LogP contribution in [0.4, 0.5) is 11.4 Å². The van der Waals surface area contributed by atoms with E-state index in [1.807, 2.05) is 0 Å². The zero-order chi connectivity index (χ0) is 31.7. The molecule has 228 valence electrons. The standard InChI is InChI=1S/C33H24Cl2N2O8/c1-43-18-8-4-16(5-9-18)36-29(38)25-20-14-21(33(42)45-23-12-3-15(34)13-22(23)35)24(27(25)31(36)40)28-26(20)30(39)37(32(28)41)17-6-10-19(44-2)11-7-17/h3-14,20,24-28H,1-2H3/t20?,24?,25-,26+,27-,28+. The fourth-order valence-electron chi connectivity index (χ4n) is 7.24. The van der Waals surface area contributed by atoms with E-state index in [9.17, 15) is 24.0 Å². The largest absolute Gasteiger partial charge is 0.497 e. The number of benzene rings is 3. The first kappa shape index (κ1) is 29.1. The van der Waals surface area contributed by atoms with Crippen molar-refractivity contribution in [1.29, 1.82) is 0 Å². The lowest BCUT2D eigenvalue weighted by molar-refractivity contribution is -0.142. The molecule has 2 aliphatic heterocycles. The van der Waals surface area contributed by atoms with Gasteiger partial charge in [0, 0.05) is 22.4 Å². The minimum absolute atomic E-state index is 0.0314. The van der Waals surface area contributed by atoms with Crippen LogP contribution in [0.3, 0.4) is 0 Å². The summed E-state index contributed by atoms with van der Waals surface area (Å²) in [6.45, 7) is 0. The van der Waals surface area contributed by atoms with Gasteiger partial charge in [-0.25, -0.2) is 4.79 Å². The Morgan fingerprint density at radius 2 is 1.11 bits per heavy atom. The Morgan fingerprint density at radius 1 is 0.644 bits per heavy atom. The summed E-state index contributed by atoms with van der Waals surface area (Å²) in [7, 11) is 3.00. The second kappa shape index (κ2) is 10.7. The van der Waals surface area contributed by atoms with E-state index in [1.165, 1.54) is 38.5 Å².